The normalized spacial score (nSPS) is 12.9. The third-order valence-corrected chi connectivity index (χ3v) is 5.93. The van der Waals surface area contributed by atoms with E-state index in [9.17, 15) is 4.79 Å². The molecule has 0 saturated heterocycles. The van der Waals surface area contributed by atoms with Crippen LogP contribution in [0, 0.1) is 0 Å². The molecule has 0 aromatic heterocycles. The number of para-hydroxylation sites is 1. The molecule has 176 valence electrons. The van der Waals surface area contributed by atoms with Crippen LogP contribution in [-0.2, 0) is 12.8 Å². The molecule has 0 aliphatic carbocycles. The Labute approximate surface area is 195 Å². The van der Waals surface area contributed by atoms with Gasteiger partial charge < -0.3 is 9.47 Å². The number of ether oxygens (including phenoxy) is 2. The highest BCUT2D eigenvalue weighted by atomic mass is 16.5. The number of hydrogen-bond acceptors (Lipinski definition) is 3. The zero-order valence-electron chi connectivity index (χ0n) is 20.8. The first-order valence-electron chi connectivity index (χ1n) is 12.6. The molecule has 0 bridgehead atoms. The van der Waals surface area contributed by atoms with Gasteiger partial charge in [0.15, 0.2) is 5.78 Å². The third-order valence-electron chi connectivity index (χ3n) is 5.93. The summed E-state index contributed by atoms with van der Waals surface area (Å²) < 4.78 is 12.4. The zero-order valence-corrected chi connectivity index (χ0v) is 20.8. The molecule has 0 radical (unpaired) electrons. The Morgan fingerprint density at radius 2 is 1.47 bits per heavy atom. The zero-order chi connectivity index (χ0) is 23.3. The summed E-state index contributed by atoms with van der Waals surface area (Å²) in [5.41, 5.74) is 3.08. The van der Waals surface area contributed by atoms with Crippen LogP contribution in [0.5, 0.6) is 11.5 Å². The van der Waals surface area contributed by atoms with Crippen molar-refractivity contribution in [2.75, 3.05) is 0 Å². The highest BCUT2D eigenvalue weighted by Crippen LogP contribution is 2.27. The molecular weight excluding hydrogens is 396 g/mol. The van der Waals surface area contributed by atoms with E-state index in [1.807, 2.05) is 24.3 Å². The fraction of sp³-hybridized carbons (Fsp3) is 0.552. The predicted molar refractivity (Wildman–Crippen MR) is 134 cm³/mol. The smallest absolute Gasteiger partial charge is 0.166 e. The van der Waals surface area contributed by atoms with Crippen molar-refractivity contribution in [3.63, 3.8) is 0 Å². The van der Waals surface area contributed by atoms with Crippen molar-refractivity contribution in [3.05, 3.63) is 59.2 Å². The summed E-state index contributed by atoms with van der Waals surface area (Å²) in [5, 5.41) is 0. The summed E-state index contributed by atoms with van der Waals surface area (Å²) in [6.45, 7) is 10.7. The topological polar surface area (TPSA) is 35.5 Å². The van der Waals surface area contributed by atoms with Gasteiger partial charge >= 0.3 is 0 Å². The number of carbonyl (C=O) groups is 1. The number of aryl methyl sites for hydroxylation is 2. The maximum Gasteiger partial charge on any atom is 0.166 e. The molecule has 0 aliphatic rings. The van der Waals surface area contributed by atoms with Gasteiger partial charge in [-0.1, -0.05) is 70.7 Å². The van der Waals surface area contributed by atoms with Gasteiger partial charge in [-0.05, 0) is 68.9 Å². The van der Waals surface area contributed by atoms with Crippen LogP contribution >= 0.6 is 0 Å². The predicted octanol–water partition coefficient (Wildman–Crippen LogP) is 7.98. The van der Waals surface area contributed by atoms with Gasteiger partial charge in [0.25, 0.3) is 0 Å². The van der Waals surface area contributed by atoms with E-state index >= 15 is 0 Å². The van der Waals surface area contributed by atoms with Gasteiger partial charge in [0.1, 0.15) is 11.5 Å². The van der Waals surface area contributed by atoms with Gasteiger partial charge in [0, 0.05) is 6.42 Å². The molecule has 0 aliphatic heterocycles. The van der Waals surface area contributed by atoms with Gasteiger partial charge in [-0.25, -0.2) is 0 Å². The highest BCUT2D eigenvalue weighted by Gasteiger charge is 2.16. The SMILES string of the molecule is CCCCC(C)Oc1ccc(CC)cc1CCC(=O)c1ccccc1OC(C)CCCC. The molecule has 0 spiro atoms. The van der Waals surface area contributed by atoms with Gasteiger partial charge in [-0.3, -0.25) is 4.79 Å². The summed E-state index contributed by atoms with van der Waals surface area (Å²) in [5.74, 6) is 1.74. The summed E-state index contributed by atoms with van der Waals surface area (Å²) in [6, 6.07) is 14.1. The van der Waals surface area contributed by atoms with Crippen molar-refractivity contribution in [1.82, 2.24) is 0 Å². The van der Waals surface area contributed by atoms with Crippen LogP contribution in [0.1, 0.15) is 101 Å². The number of unbranched alkanes of at least 4 members (excludes halogenated alkanes) is 2. The van der Waals surface area contributed by atoms with E-state index < -0.39 is 0 Å². The van der Waals surface area contributed by atoms with Crippen molar-refractivity contribution in [2.45, 2.75) is 105 Å². The van der Waals surface area contributed by atoms with Crippen molar-refractivity contribution in [2.24, 2.45) is 0 Å². The number of benzene rings is 2. The van der Waals surface area contributed by atoms with Crippen molar-refractivity contribution in [1.29, 1.82) is 0 Å². The van der Waals surface area contributed by atoms with E-state index in [0.717, 1.165) is 49.8 Å². The molecule has 0 fully saturated rings. The number of Topliss-reactive ketones (excluding diaryl/α,β-unsaturated/α-hetero) is 1. The molecular formula is C29H42O3. The average molecular weight is 439 g/mol. The minimum Gasteiger partial charge on any atom is -0.490 e. The lowest BCUT2D eigenvalue weighted by molar-refractivity contribution is 0.0975. The van der Waals surface area contributed by atoms with E-state index in [-0.39, 0.29) is 18.0 Å². The van der Waals surface area contributed by atoms with Gasteiger partial charge in [-0.15, -0.1) is 0 Å². The number of rotatable bonds is 15. The van der Waals surface area contributed by atoms with E-state index in [0.29, 0.717) is 24.2 Å². The molecule has 0 N–H and O–H groups in total. The van der Waals surface area contributed by atoms with E-state index in [4.69, 9.17) is 9.47 Å². The Balaban J connectivity index is 2.10. The molecule has 0 amide bonds. The molecule has 3 heteroatoms. The molecule has 2 unspecified atom stereocenters. The van der Waals surface area contributed by atoms with Crippen LogP contribution in [0.2, 0.25) is 0 Å². The van der Waals surface area contributed by atoms with Gasteiger partial charge in [0.05, 0.1) is 17.8 Å². The fourth-order valence-electron chi connectivity index (χ4n) is 3.88. The minimum atomic E-state index is 0.106. The quantitative estimate of drug-likeness (QED) is 0.264. The maximum atomic E-state index is 13.1. The monoisotopic (exact) mass is 438 g/mol. The van der Waals surface area contributed by atoms with Crippen LogP contribution in [-0.4, -0.2) is 18.0 Å². The van der Waals surface area contributed by atoms with Gasteiger partial charge in [-0.2, -0.15) is 0 Å². The first-order valence-corrected chi connectivity index (χ1v) is 12.6. The first-order chi connectivity index (χ1) is 15.5. The van der Waals surface area contributed by atoms with Crippen LogP contribution in [0.3, 0.4) is 0 Å². The Hall–Kier alpha value is -2.29. The Kier molecular flexibility index (Phi) is 11.3. The summed E-state index contributed by atoms with van der Waals surface area (Å²) in [4.78, 5) is 13.1. The van der Waals surface area contributed by atoms with E-state index in [1.54, 1.807) is 0 Å². The van der Waals surface area contributed by atoms with Crippen molar-refractivity contribution in [3.8, 4) is 11.5 Å². The van der Waals surface area contributed by atoms with E-state index in [2.05, 4.69) is 52.8 Å². The first kappa shape index (κ1) is 26.0. The molecule has 3 nitrogen and oxygen atoms in total. The van der Waals surface area contributed by atoms with E-state index in [1.165, 1.54) is 12.0 Å². The van der Waals surface area contributed by atoms with Crippen LogP contribution in [0.25, 0.3) is 0 Å². The lowest BCUT2D eigenvalue weighted by atomic mass is 9.99. The van der Waals surface area contributed by atoms with Crippen LogP contribution in [0.15, 0.2) is 42.5 Å². The molecule has 2 atom stereocenters. The Morgan fingerprint density at radius 3 is 2.09 bits per heavy atom. The van der Waals surface area contributed by atoms with Crippen molar-refractivity contribution < 1.29 is 14.3 Å². The number of carbonyl (C=O) groups excluding carboxylic acids is 1. The molecule has 2 rings (SSSR count). The second-order valence-corrected chi connectivity index (χ2v) is 8.86. The summed E-state index contributed by atoms with van der Waals surface area (Å²) >= 11 is 0. The molecule has 32 heavy (non-hydrogen) atoms. The number of ketones is 1. The second kappa shape index (κ2) is 14.0. The highest BCUT2D eigenvalue weighted by molar-refractivity contribution is 5.98. The Morgan fingerprint density at radius 1 is 0.844 bits per heavy atom. The molecule has 2 aromatic carbocycles. The maximum absolute atomic E-state index is 13.1. The van der Waals surface area contributed by atoms with Crippen LogP contribution < -0.4 is 9.47 Å². The molecule has 2 aromatic rings. The second-order valence-electron chi connectivity index (χ2n) is 8.86. The third kappa shape index (κ3) is 8.33. The fourth-order valence-corrected chi connectivity index (χ4v) is 3.88. The minimum absolute atomic E-state index is 0.106. The summed E-state index contributed by atoms with van der Waals surface area (Å²) in [6.07, 6.45) is 9.02. The lowest BCUT2D eigenvalue weighted by Crippen LogP contribution is -2.15. The molecule has 0 saturated carbocycles. The van der Waals surface area contributed by atoms with Crippen molar-refractivity contribution >= 4 is 5.78 Å². The van der Waals surface area contributed by atoms with Gasteiger partial charge in [0.2, 0.25) is 0 Å². The summed E-state index contributed by atoms with van der Waals surface area (Å²) in [7, 11) is 0. The Bertz CT molecular complexity index is 827. The number of hydrogen-bond donors (Lipinski definition) is 0. The van der Waals surface area contributed by atoms with Crippen LogP contribution in [0.4, 0.5) is 0 Å². The molecule has 0 heterocycles. The standard InChI is InChI=1S/C29H42O3/c1-6-9-13-22(4)31-28-20-17-24(8-3)21-25(28)18-19-27(30)26-15-11-12-16-29(26)32-23(5)14-10-7-2/h11-12,15-17,20-23H,6-10,13-14,18-19H2,1-5H3. The largest absolute Gasteiger partial charge is 0.490 e. The average Bonchev–Trinajstić information content (AvgIpc) is 2.80. The lowest BCUT2D eigenvalue weighted by Gasteiger charge is -2.19.